The Morgan fingerprint density at radius 3 is 1.52 bits per heavy atom. The molecule has 0 aromatic carbocycles. The van der Waals surface area contributed by atoms with E-state index in [-0.39, 0.29) is 0 Å². The van der Waals surface area contributed by atoms with Gasteiger partial charge in [-0.3, -0.25) is 24.0 Å². The average molecular weight is 390 g/mol. The maximum absolute atomic E-state index is 11.5. The first-order valence-electron chi connectivity index (χ1n) is 7.99. The smallest absolute Gasteiger partial charge is 0.305 e. The molecule has 1 aliphatic heterocycles. The van der Waals surface area contributed by atoms with E-state index >= 15 is 0 Å². The zero-order valence-corrected chi connectivity index (χ0v) is 15.6. The zero-order valence-electron chi connectivity index (χ0n) is 15.6. The summed E-state index contributed by atoms with van der Waals surface area (Å²) in [5.74, 6) is -3.71. The van der Waals surface area contributed by atoms with E-state index in [4.69, 9.17) is 28.4 Å². The predicted molar refractivity (Wildman–Crippen MR) is 83.7 cm³/mol. The van der Waals surface area contributed by atoms with Crippen LogP contribution in [0.25, 0.3) is 0 Å². The van der Waals surface area contributed by atoms with Gasteiger partial charge in [0, 0.05) is 34.6 Å². The minimum Gasteiger partial charge on any atom is -0.463 e. The van der Waals surface area contributed by atoms with Gasteiger partial charge in [0.05, 0.1) is 0 Å². The predicted octanol–water partition coefficient (Wildman–Crippen LogP) is -0.367. The number of hydrogen-bond acceptors (Lipinski definition) is 11. The van der Waals surface area contributed by atoms with E-state index < -0.39 is 67.2 Å². The molecule has 11 nitrogen and oxygen atoms in total. The van der Waals surface area contributed by atoms with Gasteiger partial charge < -0.3 is 28.4 Å². The van der Waals surface area contributed by atoms with Crippen molar-refractivity contribution in [2.75, 3.05) is 6.61 Å². The summed E-state index contributed by atoms with van der Waals surface area (Å²) in [5, 5.41) is 0. The molecule has 0 aliphatic carbocycles. The Hall–Kier alpha value is -2.69. The molecule has 1 saturated heterocycles. The molecule has 0 saturated carbocycles. The molecule has 5 atom stereocenters. The van der Waals surface area contributed by atoms with E-state index in [0.717, 1.165) is 34.6 Å². The monoisotopic (exact) mass is 390 g/mol. The molecule has 0 aromatic rings. The Bertz CT molecular complexity index is 599. The highest BCUT2D eigenvalue weighted by molar-refractivity contribution is 5.69. The fourth-order valence-electron chi connectivity index (χ4n) is 2.45. The maximum atomic E-state index is 11.5. The molecule has 0 aromatic heterocycles. The lowest BCUT2D eigenvalue weighted by Gasteiger charge is -2.43. The van der Waals surface area contributed by atoms with Gasteiger partial charge in [-0.25, -0.2) is 0 Å². The van der Waals surface area contributed by atoms with E-state index in [2.05, 4.69) is 0 Å². The Labute approximate surface area is 155 Å². The van der Waals surface area contributed by atoms with Crippen LogP contribution in [0.2, 0.25) is 0 Å². The van der Waals surface area contributed by atoms with Crippen LogP contribution in [-0.2, 0) is 52.4 Å². The third-order valence-electron chi connectivity index (χ3n) is 3.23. The van der Waals surface area contributed by atoms with Crippen LogP contribution in [-0.4, -0.2) is 67.2 Å². The molecule has 0 N–H and O–H groups in total. The summed E-state index contributed by atoms with van der Waals surface area (Å²) in [6, 6.07) is 0. The highest BCUT2D eigenvalue weighted by Gasteiger charge is 2.53. The summed E-state index contributed by atoms with van der Waals surface area (Å²) in [6.45, 7) is 5.13. The molecule has 11 heteroatoms. The molecule has 152 valence electrons. The number of rotatable bonds is 6. The molecule has 27 heavy (non-hydrogen) atoms. The minimum atomic E-state index is -1.48. The average Bonchev–Trinajstić information content (AvgIpc) is 2.49. The van der Waals surface area contributed by atoms with Crippen molar-refractivity contribution in [2.24, 2.45) is 0 Å². The Morgan fingerprint density at radius 2 is 1.07 bits per heavy atom. The molecule has 1 aliphatic rings. The third kappa shape index (κ3) is 7.21. The van der Waals surface area contributed by atoms with Gasteiger partial charge in [-0.05, 0) is 0 Å². The van der Waals surface area contributed by atoms with E-state index in [9.17, 15) is 24.0 Å². The molecular formula is C16H22O11. The van der Waals surface area contributed by atoms with E-state index in [1.54, 1.807) is 0 Å². The van der Waals surface area contributed by atoms with Crippen LogP contribution in [0.15, 0.2) is 0 Å². The largest absolute Gasteiger partial charge is 0.463 e. The second-order valence-electron chi connectivity index (χ2n) is 5.68. The quantitative estimate of drug-likeness (QED) is 0.433. The minimum absolute atomic E-state index is 0.393. The highest BCUT2D eigenvalue weighted by atomic mass is 16.7. The first-order valence-corrected chi connectivity index (χ1v) is 7.99. The van der Waals surface area contributed by atoms with Gasteiger partial charge in [0.2, 0.25) is 12.4 Å². The summed E-state index contributed by atoms with van der Waals surface area (Å²) >= 11 is 0. The van der Waals surface area contributed by atoms with Crippen molar-refractivity contribution >= 4 is 29.8 Å². The highest BCUT2D eigenvalue weighted by Crippen LogP contribution is 2.29. The van der Waals surface area contributed by atoms with Crippen molar-refractivity contribution in [3.63, 3.8) is 0 Å². The van der Waals surface area contributed by atoms with E-state index in [1.807, 2.05) is 0 Å². The van der Waals surface area contributed by atoms with Crippen molar-refractivity contribution in [1.29, 1.82) is 0 Å². The number of ether oxygens (including phenoxy) is 6. The number of esters is 5. The topological polar surface area (TPSA) is 141 Å². The van der Waals surface area contributed by atoms with Crippen molar-refractivity contribution < 1.29 is 52.4 Å². The maximum Gasteiger partial charge on any atom is 0.305 e. The van der Waals surface area contributed by atoms with Gasteiger partial charge in [-0.2, -0.15) is 0 Å². The van der Waals surface area contributed by atoms with Crippen LogP contribution in [0.1, 0.15) is 34.6 Å². The van der Waals surface area contributed by atoms with Gasteiger partial charge in [0.15, 0.2) is 12.2 Å². The van der Waals surface area contributed by atoms with Gasteiger partial charge in [-0.1, -0.05) is 0 Å². The summed E-state index contributed by atoms with van der Waals surface area (Å²) < 4.78 is 30.8. The first kappa shape index (κ1) is 22.4. The molecule has 1 rings (SSSR count). The summed E-state index contributed by atoms with van der Waals surface area (Å²) in [6.07, 6.45) is -6.70. The van der Waals surface area contributed by atoms with E-state index in [0.29, 0.717) is 0 Å². The fraction of sp³-hybridized carbons (Fsp3) is 0.688. The van der Waals surface area contributed by atoms with Crippen molar-refractivity contribution in [1.82, 2.24) is 0 Å². The molecule has 0 bridgehead atoms. The second-order valence-corrected chi connectivity index (χ2v) is 5.68. The van der Waals surface area contributed by atoms with Crippen LogP contribution < -0.4 is 0 Å². The first-order chi connectivity index (χ1) is 12.5. The van der Waals surface area contributed by atoms with Gasteiger partial charge in [0.1, 0.15) is 12.7 Å². The fourth-order valence-corrected chi connectivity index (χ4v) is 2.45. The van der Waals surface area contributed by atoms with Crippen LogP contribution in [0.4, 0.5) is 0 Å². The Kier molecular flexibility index (Phi) is 8.16. The molecule has 0 unspecified atom stereocenters. The second kappa shape index (κ2) is 9.86. The van der Waals surface area contributed by atoms with Crippen LogP contribution in [0.3, 0.4) is 0 Å². The lowest BCUT2D eigenvalue weighted by Crippen LogP contribution is -2.63. The van der Waals surface area contributed by atoms with Gasteiger partial charge in [-0.15, -0.1) is 0 Å². The molecule has 0 spiro atoms. The summed E-state index contributed by atoms with van der Waals surface area (Å²) in [7, 11) is 0. The summed E-state index contributed by atoms with van der Waals surface area (Å²) in [5.41, 5.74) is 0. The molecule has 0 amide bonds. The standard InChI is InChI=1S/C16H22O11/c1-7(17)22-6-12-13(23-8(2)18)14(24-9(3)19)15(25-10(4)20)16(27-12)26-11(5)21/h12-16H,6H2,1-5H3/t12-,13+,14-,15-,16+/m1/s1. The van der Waals surface area contributed by atoms with Crippen LogP contribution in [0.5, 0.6) is 0 Å². The number of hydrogen-bond donors (Lipinski definition) is 0. The summed E-state index contributed by atoms with van der Waals surface area (Å²) in [4.78, 5) is 57.0. The lowest BCUT2D eigenvalue weighted by molar-refractivity contribution is -0.300. The number of carbonyl (C=O) groups is 5. The molecule has 1 fully saturated rings. The Balaban J connectivity index is 3.29. The van der Waals surface area contributed by atoms with Gasteiger partial charge in [0.25, 0.3) is 0 Å². The number of carbonyl (C=O) groups excluding carboxylic acids is 5. The van der Waals surface area contributed by atoms with Crippen molar-refractivity contribution in [2.45, 2.75) is 65.3 Å². The van der Waals surface area contributed by atoms with Crippen molar-refractivity contribution in [3.05, 3.63) is 0 Å². The molecule has 1 heterocycles. The SMILES string of the molecule is CC(=O)OC[C@H]1O[C@H](OC(C)=O)[C@H](OC(C)=O)[C@H](OC(C)=O)[C@H]1OC(C)=O. The van der Waals surface area contributed by atoms with Crippen LogP contribution in [0, 0.1) is 0 Å². The van der Waals surface area contributed by atoms with Gasteiger partial charge >= 0.3 is 29.8 Å². The third-order valence-corrected chi connectivity index (χ3v) is 3.23. The normalized spacial score (nSPS) is 27.1. The van der Waals surface area contributed by atoms with E-state index in [1.165, 1.54) is 0 Å². The van der Waals surface area contributed by atoms with Crippen LogP contribution >= 0.6 is 0 Å². The molecular weight excluding hydrogens is 368 g/mol. The zero-order chi connectivity index (χ0) is 20.7. The molecule has 0 radical (unpaired) electrons. The van der Waals surface area contributed by atoms with Crippen molar-refractivity contribution in [3.8, 4) is 0 Å². The lowest BCUT2D eigenvalue weighted by atomic mass is 9.98. The Morgan fingerprint density at radius 1 is 0.630 bits per heavy atom.